The molecule has 0 radical (unpaired) electrons. The number of carboxylic acid groups (broad SMARTS) is 1. The molecule has 1 aromatic heterocycles. The third kappa shape index (κ3) is 2.79. The minimum Gasteiger partial charge on any atom is -0.477 e. The predicted octanol–water partition coefficient (Wildman–Crippen LogP) is 3.62. The number of hydrogen-bond acceptors (Lipinski definition) is 2. The van der Waals surface area contributed by atoms with Gasteiger partial charge in [-0.25, -0.2) is 4.79 Å². The second-order valence-electron chi connectivity index (χ2n) is 5.24. The quantitative estimate of drug-likeness (QED) is 0.749. The van der Waals surface area contributed by atoms with Gasteiger partial charge in [-0.3, -0.25) is 4.79 Å². The minimum absolute atomic E-state index is 0.0919. The van der Waals surface area contributed by atoms with Gasteiger partial charge in [-0.15, -0.1) is 0 Å². The third-order valence-electron chi connectivity index (χ3n) is 3.83. The second kappa shape index (κ2) is 5.93. The van der Waals surface area contributed by atoms with Crippen LogP contribution in [0.4, 0.5) is 0 Å². The molecule has 1 N–H and O–H groups in total. The number of benzene rings is 2. The lowest BCUT2D eigenvalue weighted by Crippen LogP contribution is -2.11. The van der Waals surface area contributed by atoms with Gasteiger partial charge in [-0.2, -0.15) is 0 Å². The van der Waals surface area contributed by atoms with Crippen molar-refractivity contribution in [1.82, 2.24) is 4.57 Å². The first-order chi connectivity index (χ1) is 11.1. The molecular formula is C19H15NO3. The molecule has 2 aromatic carbocycles. The van der Waals surface area contributed by atoms with E-state index in [1.807, 2.05) is 42.5 Å². The van der Waals surface area contributed by atoms with Gasteiger partial charge in [0.15, 0.2) is 0 Å². The number of carbonyl (C=O) groups excluding carboxylic acids is 1. The molecule has 4 nitrogen and oxygen atoms in total. The fourth-order valence-corrected chi connectivity index (χ4v) is 2.55. The van der Waals surface area contributed by atoms with Crippen molar-refractivity contribution in [3.63, 3.8) is 0 Å². The van der Waals surface area contributed by atoms with Crippen molar-refractivity contribution in [2.75, 3.05) is 0 Å². The maximum Gasteiger partial charge on any atom is 0.352 e. The van der Waals surface area contributed by atoms with Crippen molar-refractivity contribution in [1.29, 1.82) is 0 Å². The second-order valence-corrected chi connectivity index (χ2v) is 5.24. The largest absolute Gasteiger partial charge is 0.477 e. The van der Waals surface area contributed by atoms with E-state index in [0.29, 0.717) is 11.3 Å². The van der Waals surface area contributed by atoms with Gasteiger partial charge in [0, 0.05) is 12.6 Å². The van der Waals surface area contributed by atoms with Crippen LogP contribution in [-0.4, -0.2) is 21.4 Å². The Morgan fingerprint density at radius 3 is 1.91 bits per heavy atom. The molecule has 114 valence electrons. The van der Waals surface area contributed by atoms with Crippen molar-refractivity contribution < 1.29 is 14.7 Å². The Bertz CT molecular complexity index is 861. The molecule has 0 unspecified atom stereocenters. The summed E-state index contributed by atoms with van der Waals surface area (Å²) in [6, 6.07) is 20.2. The van der Waals surface area contributed by atoms with Gasteiger partial charge in [0.2, 0.25) is 5.78 Å². The molecule has 0 saturated heterocycles. The summed E-state index contributed by atoms with van der Waals surface area (Å²) < 4.78 is 1.40. The molecule has 1 heterocycles. The maximum absolute atomic E-state index is 12.5. The van der Waals surface area contributed by atoms with E-state index in [0.717, 1.165) is 11.1 Å². The van der Waals surface area contributed by atoms with Crippen LogP contribution in [0.2, 0.25) is 0 Å². The van der Waals surface area contributed by atoms with Gasteiger partial charge in [-0.05, 0) is 23.3 Å². The van der Waals surface area contributed by atoms with Crippen molar-refractivity contribution in [3.05, 3.63) is 83.7 Å². The van der Waals surface area contributed by atoms with Gasteiger partial charge in [0.05, 0.1) is 5.69 Å². The van der Waals surface area contributed by atoms with E-state index >= 15 is 0 Å². The lowest BCUT2D eigenvalue weighted by Gasteiger charge is -2.06. The molecule has 0 aliphatic rings. The first kappa shape index (κ1) is 14.8. The third-order valence-corrected chi connectivity index (χ3v) is 3.83. The Balaban J connectivity index is 1.91. The highest BCUT2D eigenvalue weighted by Crippen LogP contribution is 2.21. The monoisotopic (exact) mass is 305 g/mol. The molecule has 0 spiro atoms. The standard InChI is InChI=1S/C19H15NO3/c1-20-16(11-12-17(20)19(22)23)18(21)15-9-7-14(8-10-15)13-5-3-2-4-6-13/h2-12H,1H3,(H,22,23). The van der Waals surface area contributed by atoms with Crippen LogP contribution < -0.4 is 0 Å². The van der Waals surface area contributed by atoms with E-state index in [9.17, 15) is 9.59 Å². The van der Waals surface area contributed by atoms with Gasteiger partial charge in [0.1, 0.15) is 5.69 Å². The Hall–Kier alpha value is -3.14. The maximum atomic E-state index is 12.5. The summed E-state index contributed by atoms with van der Waals surface area (Å²) in [6.07, 6.45) is 0. The van der Waals surface area contributed by atoms with E-state index in [2.05, 4.69) is 0 Å². The highest BCUT2D eigenvalue weighted by molar-refractivity contribution is 6.09. The number of hydrogen-bond donors (Lipinski definition) is 1. The first-order valence-corrected chi connectivity index (χ1v) is 7.17. The summed E-state index contributed by atoms with van der Waals surface area (Å²) in [6.45, 7) is 0. The Morgan fingerprint density at radius 1 is 0.783 bits per heavy atom. The van der Waals surface area contributed by atoms with Crippen LogP contribution >= 0.6 is 0 Å². The van der Waals surface area contributed by atoms with E-state index in [-0.39, 0.29) is 11.5 Å². The fourth-order valence-electron chi connectivity index (χ4n) is 2.55. The van der Waals surface area contributed by atoms with E-state index in [4.69, 9.17) is 5.11 Å². The molecular weight excluding hydrogens is 290 g/mol. The van der Waals surface area contributed by atoms with Gasteiger partial charge in [-0.1, -0.05) is 54.6 Å². The highest BCUT2D eigenvalue weighted by atomic mass is 16.4. The van der Waals surface area contributed by atoms with Gasteiger partial charge < -0.3 is 9.67 Å². The van der Waals surface area contributed by atoms with Crippen LogP contribution in [0.5, 0.6) is 0 Å². The van der Waals surface area contributed by atoms with Gasteiger partial charge >= 0.3 is 5.97 Å². The van der Waals surface area contributed by atoms with Crippen LogP contribution in [-0.2, 0) is 7.05 Å². The molecule has 0 fully saturated rings. The summed E-state index contributed by atoms with van der Waals surface area (Å²) >= 11 is 0. The molecule has 0 amide bonds. The zero-order valence-corrected chi connectivity index (χ0v) is 12.6. The normalized spacial score (nSPS) is 10.5. The Labute approximate surface area is 133 Å². The van der Waals surface area contributed by atoms with Crippen LogP contribution in [0.3, 0.4) is 0 Å². The summed E-state index contributed by atoms with van der Waals surface area (Å²) in [7, 11) is 1.58. The molecule has 0 aliphatic heterocycles. The summed E-state index contributed by atoms with van der Waals surface area (Å²) in [4.78, 5) is 23.6. The number of carbonyl (C=O) groups is 2. The fraction of sp³-hybridized carbons (Fsp3) is 0.0526. The summed E-state index contributed by atoms with van der Waals surface area (Å²) in [5.41, 5.74) is 3.09. The molecule has 3 aromatic rings. The zero-order valence-electron chi connectivity index (χ0n) is 12.6. The minimum atomic E-state index is -1.05. The summed E-state index contributed by atoms with van der Waals surface area (Å²) in [5, 5.41) is 9.06. The average molecular weight is 305 g/mol. The lowest BCUT2D eigenvalue weighted by molar-refractivity contribution is 0.0686. The van der Waals surface area contributed by atoms with E-state index in [1.165, 1.54) is 16.7 Å². The zero-order chi connectivity index (χ0) is 16.4. The number of rotatable bonds is 4. The van der Waals surface area contributed by atoms with Crippen LogP contribution in [0.15, 0.2) is 66.7 Å². The highest BCUT2D eigenvalue weighted by Gasteiger charge is 2.17. The number of ketones is 1. The first-order valence-electron chi connectivity index (χ1n) is 7.17. The van der Waals surface area contributed by atoms with Crippen LogP contribution in [0.25, 0.3) is 11.1 Å². The molecule has 0 atom stereocenters. The molecule has 4 heteroatoms. The van der Waals surface area contributed by atoms with Crippen molar-refractivity contribution >= 4 is 11.8 Å². The van der Waals surface area contributed by atoms with E-state index in [1.54, 1.807) is 19.2 Å². The number of aromatic carboxylic acids is 1. The van der Waals surface area contributed by atoms with Crippen molar-refractivity contribution in [3.8, 4) is 11.1 Å². The molecule has 3 rings (SSSR count). The van der Waals surface area contributed by atoms with E-state index < -0.39 is 5.97 Å². The molecule has 0 saturated carbocycles. The van der Waals surface area contributed by atoms with Crippen LogP contribution in [0.1, 0.15) is 26.5 Å². The van der Waals surface area contributed by atoms with Crippen LogP contribution in [0, 0.1) is 0 Å². The lowest BCUT2D eigenvalue weighted by atomic mass is 10.0. The topological polar surface area (TPSA) is 59.3 Å². The molecule has 23 heavy (non-hydrogen) atoms. The smallest absolute Gasteiger partial charge is 0.352 e. The molecule has 0 bridgehead atoms. The predicted molar refractivity (Wildman–Crippen MR) is 87.7 cm³/mol. The molecule has 0 aliphatic carbocycles. The summed E-state index contributed by atoms with van der Waals surface area (Å²) in [5.74, 6) is -1.24. The SMILES string of the molecule is Cn1c(C(=O)O)ccc1C(=O)c1ccc(-c2ccccc2)cc1. The Kier molecular flexibility index (Phi) is 3.81. The van der Waals surface area contributed by atoms with Crippen molar-refractivity contribution in [2.45, 2.75) is 0 Å². The number of aromatic nitrogens is 1. The van der Waals surface area contributed by atoms with Gasteiger partial charge in [0.25, 0.3) is 0 Å². The average Bonchev–Trinajstić information content (AvgIpc) is 2.97. The number of nitrogens with zero attached hydrogens (tertiary/aromatic N) is 1. The Morgan fingerprint density at radius 2 is 1.35 bits per heavy atom. The van der Waals surface area contributed by atoms with Crippen molar-refractivity contribution in [2.24, 2.45) is 7.05 Å². The number of carboxylic acids is 1.